The third kappa shape index (κ3) is 1.95. The Bertz CT molecular complexity index is 557. The molecule has 0 saturated carbocycles. The summed E-state index contributed by atoms with van der Waals surface area (Å²) in [5.74, 6) is 0. The van der Waals surface area contributed by atoms with Gasteiger partial charge >= 0.3 is 0 Å². The van der Waals surface area contributed by atoms with Crippen LogP contribution < -0.4 is 5.32 Å². The molecule has 18 heavy (non-hydrogen) atoms. The Morgan fingerprint density at radius 3 is 3.00 bits per heavy atom. The molecule has 0 fully saturated rings. The van der Waals surface area contributed by atoms with E-state index < -0.39 is 0 Å². The summed E-state index contributed by atoms with van der Waals surface area (Å²) in [6.45, 7) is 3.20. The molecule has 1 aromatic carbocycles. The van der Waals surface area contributed by atoms with Gasteiger partial charge in [0.2, 0.25) is 0 Å². The van der Waals surface area contributed by atoms with Crippen molar-refractivity contribution in [2.75, 3.05) is 6.54 Å². The van der Waals surface area contributed by atoms with E-state index in [9.17, 15) is 0 Å². The molecular formula is C15H19N3. The maximum absolute atomic E-state index is 4.46. The lowest BCUT2D eigenvalue weighted by Crippen LogP contribution is -2.18. The van der Waals surface area contributed by atoms with Crippen LogP contribution in [0.1, 0.15) is 30.5 Å². The van der Waals surface area contributed by atoms with E-state index >= 15 is 0 Å². The van der Waals surface area contributed by atoms with E-state index in [1.807, 2.05) is 17.9 Å². The van der Waals surface area contributed by atoms with Gasteiger partial charge in [0.1, 0.15) is 0 Å². The van der Waals surface area contributed by atoms with Crippen molar-refractivity contribution in [3.63, 3.8) is 0 Å². The van der Waals surface area contributed by atoms with E-state index in [1.165, 1.54) is 29.5 Å². The second kappa shape index (κ2) is 4.58. The smallest absolute Gasteiger partial charge is 0.0923 e. The Morgan fingerprint density at radius 2 is 2.28 bits per heavy atom. The molecule has 3 heteroatoms. The zero-order chi connectivity index (χ0) is 12.5. The molecule has 94 valence electrons. The number of fused-ring (bicyclic) bond motifs is 1. The summed E-state index contributed by atoms with van der Waals surface area (Å²) in [5.41, 5.74) is 5.24. The number of aromatic nitrogens is 2. The Balaban J connectivity index is 1.93. The highest BCUT2D eigenvalue weighted by Gasteiger charge is 2.21. The van der Waals surface area contributed by atoms with Crippen molar-refractivity contribution >= 4 is 0 Å². The molecule has 1 heterocycles. The van der Waals surface area contributed by atoms with Crippen LogP contribution in [0.15, 0.2) is 30.5 Å². The first kappa shape index (κ1) is 11.5. The molecule has 1 aromatic heterocycles. The van der Waals surface area contributed by atoms with Gasteiger partial charge in [0.05, 0.1) is 5.69 Å². The van der Waals surface area contributed by atoms with Gasteiger partial charge < -0.3 is 5.32 Å². The van der Waals surface area contributed by atoms with E-state index in [0.29, 0.717) is 6.04 Å². The first-order valence-corrected chi connectivity index (χ1v) is 6.64. The number of aryl methyl sites for hydroxylation is 2. The zero-order valence-electron chi connectivity index (χ0n) is 11.0. The maximum atomic E-state index is 4.46. The van der Waals surface area contributed by atoms with Gasteiger partial charge in [-0.05, 0) is 42.6 Å². The molecule has 1 unspecified atom stereocenters. The molecular weight excluding hydrogens is 222 g/mol. The molecule has 1 atom stereocenters. The number of benzene rings is 1. The monoisotopic (exact) mass is 241 g/mol. The molecule has 1 aliphatic carbocycles. The first-order chi connectivity index (χ1) is 8.78. The lowest BCUT2D eigenvalue weighted by atomic mass is 10.0. The molecule has 0 radical (unpaired) electrons. The Kier molecular flexibility index (Phi) is 2.92. The minimum Gasteiger partial charge on any atom is -0.310 e. The molecule has 3 nitrogen and oxygen atoms in total. The van der Waals surface area contributed by atoms with Crippen molar-refractivity contribution in [2.45, 2.75) is 25.8 Å². The molecule has 1 N–H and O–H groups in total. The van der Waals surface area contributed by atoms with Gasteiger partial charge in [0, 0.05) is 24.8 Å². The van der Waals surface area contributed by atoms with Crippen LogP contribution in [0.4, 0.5) is 0 Å². The van der Waals surface area contributed by atoms with E-state index in [1.54, 1.807) is 0 Å². The van der Waals surface area contributed by atoms with Crippen molar-refractivity contribution in [3.05, 3.63) is 41.6 Å². The molecule has 0 bridgehead atoms. The van der Waals surface area contributed by atoms with Crippen molar-refractivity contribution in [1.29, 1.82) is 0 Å². The fourth-order valence-electron chi connectivity index (χ4n) is 2.80. The average molecular weight is 241 g/mol. The summed E-state index contributed by atoms with van der Waals surface area (Å²) >= 11 is 0. The molecule has 0 amide bonds. The van der Waals surface area contributed by atoms with Crippen LogP contribution in [0.2, 0.25) is 0 Å². The number of hydrogen-bond acceptors (Lipinski definition) is 2. The zero-order valence-corrected chi connectivity index (χ0v) is 11.0. The van der Waals surface area contributed by atoms with E-state index in [4.69, 9.17) is 0 Å². The summed E-state index contributed by atoms with van der Waals surface area (Å²) in [5, 5.41) is 8.01. The van der Waals surface area contributed by atoms with Crippen LogP contribution in [0.25, 0.3) is 11.3 Å². The summed E-state index contributed by atoms with van der Waals surface area (Å²) < 4.78 is 1.85. The van der Waals surface area contributed by atoms with Gasteiger partial charge in [0.15, 0.2) is 0 Å². The highest BCUT2D eigenvalue weighted by atomic mass is 15.2. The molecule has 1 aliphatic rings. The third-order valence-electron chi connectivity index (χ3n) is 3.68. The van der Waals surface area contributed by atoms with Gasteiger partial charge in [-0.15, -0.1) is 0 Å². The Morgan fingerprint density at radius 1 is 1.39 bits per heavy atom. The van der Waals surface area contributed by atoms with Crippen LogP contribution in [-0.2, 0) is 13.5 Å². The maximum Gasteiger partial charge on any atom is 0.0923 e. The van der Waals surface area contributed by atoms with Gasteiger partial charge in [-0.1, -0.05) is 19.1 Å². The van der Waals surface area contributed by atoms with Crippen molar-refractivity contribution in [3.8, 4) is 11.3 Å². The number of nitrogens with zero attached hydrogens (tertiary/aromatic N) is 2. The summed E-state index contributed by atoms with van der Waals surface area (Å²) in [6, 6.07) is 9.37. The second-order valence-electron chi connectivity index (χ2n) is 4.94. The predicted octanol–water partition coefficient (Wildman–Crippen LogP) is 2.68. The predicted molar refractivity (Wildman–Crippen MR) is 73.4 cm³/mol. The van der Waals surface area contributed by atoms with E-state index in [-0.39, 0.29) is 0 Å². The summed E-state index contributed by atoms with van der Waals surface area (Å²) in [6.07, 6.45) is 4.38. The standard InChI is InChI=1S/C15H19N3/c1-3-16-15-7-5-11-10-12(4-6-13(11)15)14-8-9-18(2)17-14/h4,6,8-10,15-16H,3,5,7H2,1-2H3. The third-order valence-corrected chi connectivity index (χ3v) is 3.68. The fourth-order valence-corrected chi connectivity index (χ4v) is 2.80. The second-order valence-corrected chi connectivity index (χ2v) is 4.94. The minimum absolute atomic E-state index is 0.544. The van der Waals surface area contributed by atoms with Gasteiger partial charge in [0.25, 0.3) is 0 Å². The lowest BCUT2D eigenvalue weighted by molar-refractivity contribution is 0.549. The normalized spacial score (nSPS) is 18.0. The summed E-state index contributed by atoms with van der Waals surface area (Å²) in [7, 11) is 1.96. The highest BCUT2D eigenvalue weighted by molar-refractivity contribution is 5.61. The Labute approximate surface area is 108 Å². The Hall–Kier alpha value is -1.61. The molecule has 0 spiro atoms. The quantitative estimate of drug-likeness (QED) is 0.895. The minimum atomic E-state index is 0.544. The summed E-state index contributed by atoms with van der Waals surface area (Å²) in [4.78, 5) is 0. The number of nitrogens with one attached hydrogen (secondary N) is 1. The van der Waals surface area contributed by atoms with Gasteiger partial charge in [-0.2, -0.15) is 5.10 Å². The SMILES string of the molecule is CCNC1CCc2cc(-c3ccn(C)n3)ccc21. The number of rotatable bonds is 3. The average Bonchev–Trinajstić information content (AvgIpc) is 2.96. The first-order valence-electron chi connectivity index (χ1n) is 6.64. The largest absolute Gasteiger partial charge is 0.310 e. The van der Waals surface area contributed by atoms with Crippen LogP contribution in [-0.4, -0.2) is 16.3 Å². The van der Waals surface area contributed by atoms with Crippen LogP contribution in [0.5, 0.6) is 0 Å². The van der Waals surface area contributed by atoms with Crippen molar-refractivity contribution in [1.82, 2.24) is 15.1 Å². The lowest BCUT2D eigenvalue weighted by Gasteiger charge is -2.12. The fraction of sp³-hybridized carbons (Fsp3) is 0.400. The topological polar surface area (TPSA) is 29.9 Å². The van der Waals surface area contributed by atoms with Crippen LogP contribution >= 0.6 is 0 Å². The highest BCUT2D eigenvalue weighted by Crippen LogP contribution is 2.33. The van der Waals surface area contributed by atoms with Gasteiger partial charge in [-0.3, -0.25) is 4.68 Å². The number of hydrogen-bond donors (Lipinski definition) is 1. The van der Waals surface area contributed by atoms with Crippen LogP contribution in [0, 0.1) is 0 Å². The van der Waals surface area contributed by atoms with Gasteiger partial charge in [-0.25, -0.2) is 0 Å². The van der Waals surface area contributed by atoms with E-state index in [0.717, 1.165) is 12.2 Å². The molecule has 0 saturated heterocycles. The van der Waals surface area contributed by atoms with Crippen LogP contribution in [0.3, 0.4) is 0 Å². The van der Waals surface area contributed by atoms with E-state index in [2.05, 4.69) is 41.6 Å². The molecule has 3 rings (SSSR count). The molecule has 2 aromatic rings. The van der Waals surface area contributed by atoms with Crippen molar-refractivity contribution in [2.24, 2.45) is 7.05 Å². The van der Waals surface area contributed by atoms with Crippen molar-refractivity contribution < 1.29 is 0 Å². The molecule has 0 aliphatic heterocycles.